The van der Waals surface area contributed by atoms with E-state index in [1.807, 2.05) is 66.9 Å². The molecular formula is C28H24N4O2. The molecule has 6 nitrogen and oxygen atoms in total. The van der Waals surface area contributed by atoms with Crippen LogP contribution < -0.4 is 9.47 Å². The summed E-state index contributed by atoms with van der Waals surface area (Å²) < 4.78 is 11.4. The van der Waals surface area contributed by atoms with Gasteiger partial charge in [0.05, 0.1) is 18.5 Å². The molecular weight excluding hydrogens is 424 g/mol. The van der Waals surface area contributed by atoms with Gasteiger partial charge in [-0.15, -0.1) is 0 Å². The molecule has 3 heterocycles. The first-order chi connectivity index (χ1) is 16.8. The van der Waals surface area contributed by atoms with Gasteiger partial charge in [-0.25, -0.2) is 0 Å². The maximum Gasteiger partial charge on any atom is 0.129 e. The summed E-state index contributed by atoms with van der Waals surface area (Å²) >= 11 is 0. The number of H-pyrrole nitrogens is 2. The number of rotatable bonds is 8. The van der Waals surface area contributed by atoms with Crippen LogP contribution in [0, 0.1) is 0 Å². The van der Waals surface area contributed by atoms with Gasteiger partial charge < -0.3 is 14.5 Å². The highest BCUT2D eigenvalue weighted by molar-refractivity contribution is 5.91. The van der Waals surface area contributed by atoms with Gasteiger partial charge in [0.2, 0.25) is 0 Å². The van der Waals surface area contributed by atoms with Gasteiger partial charge in [0.25, 0.3) is 0 Å². The van der Waals surface area contributed by atoms with Gasteiger partial charge in [-0.2, -0.15) is 5.10 Å². The number of nitrogens with one attached hydrogen (secondary N) is 2. The van der Waals surface area contributed by atoms with E-state index in [0.29, 0.717) is 6.61 Å². The second kappa shape index (κ2) is 9.92. The summed E-state index contributed by atoms with van der Waals surface area (Å²) in [6.45, 7) is 0.476. The SMILES string of the molecule is COc1cc(OCc2ccncc2)ccc1C=Cc1cc(C=Cc2cccc3[nH]ccc23)n[nH]1. The Morgan fingerprint density at radius 1 is 0.882 bits per heavy atom. The lowest BCUT2D eigenvalue weighted by Crippen LogP contribution is -1.96. The summed E-state index contributed by atoms with van der Waals surface area (Å²) in [6.07, 6.45) is 13.5. The number of pyridine rings is 1. The third-order valence-corrected chi connectivity index (χ3v) is 5.48. The second-order valence-corrected chi connectivity index (χ2v) is 7.75. The van der Waals surface area contributed by atoms with Crippen LogP contribution >= 0.6 is 0 Å². The molecule has 0 bridgehead atoms. The highest BCUT2D eigenvalue weighted by Crippen LogP contribution is 2.27. The molecule has 0 amide bonds. The number of methoxy groups -OCH3 is 1. The average Bonchev–Trinajstić information content (AvgIpc) is 3.55. The Kier molecular flexibility index (Phi) is 6.21. The molecule has 0 saturated heterocycles. The van der Waals surface area contributed by atoms with E-state index in [9.17, 15) is 0 Å². The summed E-state index contributed by atoms with van der Waals surface area (Å²) in [4.78, 5) is 7.26. The molecule has 0 radical (unpaired) electrons. The first kappa shape index (κ1) is 21.3. The molecule has 6 heteroatoms. The van der Waals surface area contributed by atoms with Crippen molar-refractivity contribution in [2.24, 2.45) is 0 Å². The van der Waals surface area contributed by atoms with E-state index >= 15 is 0 Å². The number of fused-ring (bicyclic) bond motifs is 1. The number of aromatic nitrogens is 4. The monoisotopic (exact) mass is 448 g/mol. The zero-order valence-corrected chi connectivity index (χ0v) is 18.7. The lowest BCUT2D eigenvalue weighted by molar-refractivity contribution is 0.303. The highest BCUT2D eigenvalue weighted by Gasteiger charge is 2.05. The standard InChI is InChI=1S/C28H24N4O2/c1-33-28-18-25(34-19-20-11-14-29-15-12-20)10-7-22(28)6-9-24-17-23(31-32-24)8-5-21-3-2-4-27-26(21)13-16-30-27/h2-18,30H,19H2,1H3,(H,31,32). The second-order valence-electron chi connectivity index (χ2n) is 7.75. The number of nitrogens with zero attached hydrogens (tertiary/aromatic N) is 2. The fourth-order valence-electron chi connectivity index (χ4n) is 3.70. The van der Waals surface area contributed by atoms with E-state index in [1.165, 1.54) is 5.39 Å². The van der Waals surface area contributed by atoms with Crippen molar-refractivity contribution in [3.05, 3.63) is 107 Å². The summed E-state index contributed by atoms with van der Waals surface area (Å²) in [5.74, 6) is 1.49. The molecule has 5 aromatic rings. The number of ether oxygens (including phenoxy) is 2. The molecule has 0 saturated carbocycles. The molecule has 0 atom stereocenters. The van der Waals surface area contributed by atoms with E-state index in [1.54, 1.807) is 19.5 Å². The Morgan fingerprint density at radius 3 is 2.65 bits per heavy atom. The Labute approximate surface area is 197 Å². The van der Waals surface area contributed by atoms with Crippen molar-refractivity contribution in [2.75, 3.05) is 7.11 Å². The van der Waals surface area contributed by atoms with Crippen LogP contribution in [0.5, 0.6) is 11.5 Å². The zero-order valence-electron chi connectivity index (χ0n) is 18.7. The number of aromatic amines is 2. The van der Waals surface area contributed by atoms with E-state index in [2.05, 4.69) is 44.4 Å². The summed E-state index contributed by atoms with van der Waals surface area (Å²) in [5, 5.41) is 8.65. The van der Waals surface area contributed by atoms with Gasteiger partial charge in [0.1, 0.15) is 18.1 Å². The average molecular weight is 449 g/mol. The minimum absolute atomic E-state index is 0.476. The molecule has 0 spiro atoms. The van der Waals surface area contributed by atoms with Crippen molar-refractivity contribution in [2.45, 2.75) is 6.61 Å². The molecule has 168 valence electrons. The third kappa shape index (κ3) is 4.91. The van der Waals surface area contributed by atoms with Crippen LogP contribution in [0.25, 0.3) is 35.2 Å². The molecule has 3 aromatic heterocycles. The van der Waals surface area contributed by atoms with Crippen LogP contribution in [-0.2, 0) is 6.61 Å². The predicted molar refractivity (Wildman–Crippen MR) is 136 cm³/mol. The van der Waals surface area contributed by atoms with Crippen molar-refractivity contribution in [3.63, 3.8) is 0 Å². The molecule has 2 N–H and O–H groups in total. The zero-order chi connectivity index (χ0) is 23.2. The fraction of sp³-hybridized carbons (Fsp3) is 0.0714. The maximum absolute atomic E-state index is 5.88. The molecule has 0 fully saturated rings. The van der Waals surface area contributed by atoms with Crippen molar-refractivity contribution < 1.29 is 9.47 Å². The Morgan fingerprint density at radius 2 is 1.76 bits per heavy atom. The van der Waals surface area contributed by atoms with Crippen LogP contribution in [0.1, 0.15) is 28.1 Å². The summed E-state index contributed by atoms with van der Waals surface area (Å²) in [6, 6.07) is 20.0. The first-order valence-corrected chi connectivity index (χ1v) is 11.0. The Balaban J connectivity index is 1.26. The number of benzene rings is 2. The largest absolute Gasteiger partial charge is 0.496 e. The minimum Gasteiger partial charge on any atom is -0.496 e. The van der Waals surface area contributed by atoms with Gasteiger partial charge in [0.15, 0.2) is 0 Å². The number of hydrogen-bond acceptors (Lipinski definition) is 4. The quantitative estimate of drug-likeness (QED) is 0.296. The molecule has 0 aliphatic carbocycles. The molecule has 0 aliphatic heterocycles. The van der Waals surface area contributed by atoms with Crippen molar-refractivity contribution in [1.82, 2.24) is 20.2 Å². The van der Waals surface area contributed by atoms with Gasteiger partial charge in [-0.05, 0) is 71.8 Å². The topological polar surface area (TPSA) is 75.8 Å². The molecule has 0 aliphatic rings. The van der Waals surface area contributed by atoms with Crippen molar-refractivity contribution in [3.8, 4) is 11.5 Å². The van der Waals surface area contributed by atoms with Gasteiger partial charge in [-0.1, -0.05) is 18.2 Å². The minimum atomic E-state index is 0.476. The van der Waals surface area contributed by atoms with Crippen molar-refractivity contribution in [1.29, 1.82) is 0 Å². The van der Waals surface area contributed by atoms with Crippen LogP contribution in [0.2, 0.25) is 0 Å². The predicted octanol–water partition coefficient (Wildman–Crippen LogP) is 6.21. The molecule has 2 aromatic carbocycles. The summed E-state index contributed by atoms with van der Waals surface area (Å²) in [7, 11) is 1.66. The first-order valence-electron chi connectivity index (χ1n) is 11.0. The van der Waals surface area contributed by atoms with Crippen LogP contribution in [0.4, 0.5) is 0 Å². The van der Waals surface area contributed by atoms with Crippen molar-refractivity contribution >= 4 is 35.2 Å². The fourth-order valence-corrected chi connectivity index (χ4v) is 3.70. The maximum atomic E-state index is 5.88. The van der Waals surface area contributed by atoms with E-state index in [0.717, 1.165) is 45.1 Å². The van der Waals surface area contributed by atoms with Crippen LogP contribution in [-0.4, -0.2) is 27.3 Å². The van der Waals surface area contributed by atoms with Gasteiger partial charge in [0, 0.05) is 41.1 Å². The third-order valence-electron chi connectivity index (χ3n) is 5.48. The Bertz CT molecular complexity index is 1450. The molecule has 5 rings (SSSR count). The highest BCUT2D eigenvalue weighted by atomic mass is 16.5. The normalized spacial score (nSPS) is 11.6. The molecule has 34 heavy (non-hydrogen) atoms. The van der Waals surface area contributed by atoms with Crippen LogP contribution in [0.15, 0.2) is 79.3 Å². The number of hydrogen-bond donors (Lipinski definition) is 2. The van der Waals surface area contributed by atoms with E-state index in [4.69, 9.17) is 9.47 Å². The smallest absolute Gasteiger partial charge is 0.129 e. The van der Waals surface area contributed by atoms with Crippen LogP contribution in [0.3, 0.4) is 0 Å². The lowest BCUT2D eigenvalue weighted by atomic mass is 10.1. The molecule has 0 unspecified atom stereocenters. The van der Waals surface area contributed by atoms with E-state index < -0.39 is 0 Å². The van der Waals surface area contributed by atoms with E-state index in [-0.39, 0.29) is 0 Å². The van der Waals surface area contributed by atoms with Gasteiger partial charge in [-0.3, -0.25) is 10.1 Å². The summed E-state index contributed by atoms with van der Waals surface area (Å²) in [5.41, 5.74) is 6.04. The lowest BCUT2D eigenvalue weighted by Gasteiger charge is -2.10. The van der Waals surface area contributed by atoms with Gasteiger partial charge >= 0.3 is 0 Å². The Hall–Kier alpha value is -4.58.